The Kier molecular flexibility index (Phi) is 7.08. The van der Waals surface area contributed by atoms with Crippen LogP contribution in [0.1, 0.15) is 62.2 Å². The second kappa shape index (κ2) is 10.4. The van der Waals surface area contributed by atoms with Gasteiger partial charge in [-0.05, 0) is 50.3 Å². The van der Waals surface area contributed by atoms with Gasteiger partial charge in [-0.25, -0.2) is 4.79 Å². The molecule has 2 aliphatic rings. The summed E-state index contributed by atoms with van der Waals surface area (Å²) >= 11 is 2.02. The SMILES string of the molecule is Cc1ccc2oc(=O)n(CCCCc3noc(CCCCC[C@@H]4SC[C@@H]5NC(=O)C[C@@H]54)n3)c2c1. The molecule has 0 spiro atoms. The third-order valence-electron chi connectivity index (χ3n) is 7.00. The van der Waals surface area contributed by atoms with Crippen LogP contribution in [0.25, 0.3) is 11.1 Å². The molecule has 1 aromatic carbocycles. The smallest absolute Gasteiger partial charge is 0.408 e. The first-order valence-corrected chi connectivity index (χ1v) is 13.4. The summed E-state index contributed by atoms with van der Waals surface area (Å²) in [6.45, 7) is 2.63. The number of rotatable bonds is 11. The van der Waals surface area contributed by atoms with Crippen LogP contribution in [0.15, 0.2) is 31.9 Å². The Morgan fingerprint density at radius 2 is 2.03 bits per heavy atom. The van der Waals surface area contributed by atoms with Crippen LogP contribution in [0.4, 0.5) is 0 Å². The van der Waals surface area contributed by atoms with Crippen LogP contribution in [0.3, 0.4) is 0 Å². The molecule has 4 heterocycles. The third kappa shape index (κ3) is 5.24. The molecule has 0 bridgehead atoms. The summed E-state index contributed by atoms with van der Waals surface area (Å²) in [7, 11) is 0. The molecule has 0 unspecified atom stereocenters. The zero-order chi connectivity index (χ0) is 23.5. The maximum Gasteiger partial charge on any atom is 0.419 e. The number of oxazole rings is 1. The van der Waals surface area contributed by atoms with Gasteiger partial charge in [-0.15, -0.1) is 0 Å². The summed E-state index contributed by atoms with van der Waals surface area (Å²) in [5, 5.41) is 7.84. The highest BCUT2D eigenvalue weighted by Crippen LogP contribution is 2.40. The average molecular weight is 485 g/mol. The second-order valence-corrected chi connectivity index (χ2v) is 10.8. The van der Waals surface area contributed by atoms with Crippen LogP contribution in [-0.2, 0) is 24.2 Å². The highest BCUT2D eigenvalue weighted by atomic mass is 32.2. The predicted octanol–water partition coefficient (Wildman–Crippen LogP) is 4.03. The van der Waals surface area contributed by atoms with Crippen molar-refractivity contribution in [3.63, 3.8) is 0 Å². The van der Waals surface area contributed by atoms with Crippen molar-refractivity contribution in [2.24, 2.45) is 5.92 Å². The molecule has 0 saturated carbocycles. The van der Waals surface area contributed by atoms with Crippen LogP contribution in [0.5, 0.6) is 0 Å². The lowest BCUT2D eigenvalue weighted by Crippen LogP contribution is -2.29. The van der Waals surface area contributed by atoms with Crippen molar-refractivity contribution in [1.82, 2.24) is 20.0 Å². The number of amides is 1. The van der Waals surface area contributed by atoms with Crippen LogP contribution in [0, 0.1) is 12.8 Å². The number of thioether (sulfide) groups is 1. The van der Waals surface area contributed by atoms with Crippen molar-refractivity contribution in [2.75, 3.05) is 5.75 Å². The number of nitrogens with one attached hydrogen (secondary N) is 1. The van der Waals surface area contributed by atoms with Gasteiger partial charge >= 0.3 is 5.76 Å². The zero-order valence-corrected chi connectivity index (χ0v) is 20.4. The Balaban J connectivity index is 0.993. The first-order valence-electron chi connectivity index (χ1n) is 12.4. The summed E-state index contributed by atoms with van der Waals surface area (Å²) < 4.78 is 12.5. The van der Waals surface area contributed by atoms with Gasteiger partial charge in [-0.3, -0.25) is 9.36 Å². The molecule has 3 atom stereocenters. The zero-order valence-electron chi connectivity index (χ0n) is 19.6. The summed E-state index contributed by atoms with van der Waals surface area (Å²) in [6, 6.07) is 6.19. The van der Waals surface area contributed by atoms with Crippen LogP contribution in [0.2, 0.25) is 0 Å². The number of aromatic nitrogens is 3. The lowest BCUT2D eigenvalue weighted by atomic mass is 9.94. The molecule has 2 fully saturated rings. The minimum absolute atomic E-state index is 0.228. The number of unbranched alkanes of at least 4 members (excludes halogenated alkanes) is 3. The minimum atomic E-state index is -0.304. The fraction of sp³-hybridized carbons (Fsp3) is 0.600. The molecule has 0 radical (unpaired) electrons. The van der Waals surface area contributed by atoms with Gasteiger partial charge in [-0.2, -0.15) is 16.7 Å². The molecule has 3 aromatic rings. The van der Waals surface area contributed by atoms with E-state index in [-0.39, 0.29) is 11.7 Å². The van der Waals surface area contributed by atoms with Gasteiger partial charge in [0.25, 0.3) is 0 Å². The third-order valence-corrected chi connectivity index (χ3v) is 8.56. The Morgan fingerprint density at radius 3 is 2.94 bits per heavy atom. The van der Waals surface area contributed by atoms with Gasteiger partial charge < -0.3 is 14.3 Å². The maximum absolute atomic E-state index is 12.1. The number of carbonyl (C=O) groups excluding carboxylic acids is 1. The van der Waals surface area contributed by atoms with Crippen molar-refractivity contribution in [2.45, 2.75) is 82.5 Å². The van der Waals surface area contributed by atoms with E-state index in [1.165, 1.54) is 12.8 Å². The van der Waals surface area contributed by atoms with E-state index in [1.54, 1.807) is 4.57 Å². The van der Waals surface area contributed by atoms with Gasteiger partial charge in [0.05, 0.1) is 5.52 Å². The van der Waals surface area contributed by atoms with Crippen molar-refractivity contribution < 1.29 is 13.7 Å². The molecule has 2 saturated heterocycles. The molecule has 1 N–H and O–H groups in total. The topological polar surface area (TPSA) is 103 Å². The Bertz CT molecular complexity index is 1200. The summed E-state index contributed by atoms with van der Waals surface area (Å²) in [5.74, 6) is 2.98. The number of fused-ring (bicyclic) bond motifs is 2. The van der Waals surface area contributed by atoms with Crippen LogP contribution >= 0.6 is 11.8 Å². The van der Waals surface area contributed by atoms with Gasteiger partial charge in [-0.1, -0.05) is 24.1 Å². The highest BCUT2D eigenvalue weighted by molar-refractivity contribution is 8.00. The molecule has 182 valence electrons. The number of nitrogens with zero attached hydrogens (tertiary/aromatic N) is 3. The van der Waals surface area contributed by atoms with E-state index < -0.39 is 0 Å². The fourth-order valence-electron chi connectivity index (χ4n) is 5.16. The summed E-state index contributed by atoms with van der Waals surface area (Å²) in [5.41, 5.74) is 2.59. The van der Waals surface area contributed by atoms with Crippen LogP contribution < -0.4 is 11.1 Å². The van der Waals surface area contributed by atoms with E-state index in [9.17, 15) is 9.59 Å². The largest absolute Gasteiger partial charge is 0.419 e. The number of hydrogen-bond donors (Lipinski definition) is 1. The highest BCUT2D eigenvalue weighted by Gasteiger charge is 2.42. The molecule has 1 amide bonds. The Hall–Kier alpha value is -2.55. The van der Waals surface area contributed by atoms with Gasteiger partial charge in [0.2, 0.25) is 11.8 Å². The molecule has 34 heavy (non-hydrogen) atoms. The first-order chi connectivity index (χ1) is 16.6. The number of hydrogen-bond acceptors (Lipinski definition) is 7. The van der Waals surface area contributed by atoms with E-state index in [0.29, 0.717) is 41.6 Å². The standard InChI is InChI=1S/C25H32N4O4S/c1-16-10-11-20-19(13-16)29(25(31)32-20)12-6-5-8-22-27-24(33-28-22)9-4-2-3-7-21-17-14-23(30)26-18(17)15-34-21/h10-11,13,17-18,21H,2-9,12,14-15H2,1H3,(H,26,30)/t17-,18-,21-/m0/s1. The monoisotopic (exact) mass is 484 g/mol. The van der Waals surface area contributed by atoms with E-state index in [4.69, 9.17) is 8.94 Å². The van der Waals surface area contributed by atoms with Gasteiger partial charge in [0.15, 0.2) is 11.4 Å². The molecule has 2 aromatic heterocycles. The van der Waals surface area contributed by atoms with E-state index in [2.05, 4.69) is 15.5 Å². The second-order valence-electron chi connectivity index (χ2n) is 9.57. The van der Waals surface area contributed by atoms with Crippen molar-refractivity contribution in [3.8, 4) is 0 Å². The molecule has 5 rings (SSSR count). The van der Waals surface area contributed by atoms with Gasteiger partial charge in [0.1, 0.15) is 0 Å². The van der Waals surface area contributed by atoms with Crippen LogP contribution in [-0.4, -0.2) is 37.7 Å². The quantitative estimate of drug-likeness (QED) is 0.410. The van der Waals surface area contributed by atoms with E-state index in [1.807, 2.05) is 36.9 Å². The predicted molar refractivity (Wildman–Crippen MR) is 131 cm³/mol. The molecule has 0 aliphatic carbocycles. The number of benzene rings is 1. The summed E-state index contributed by atoms with van der Waals surface area (Å²) in [4.78, 5) is 28.3. The molecular weight excluding hydrogens is 452 g/mol. The molecule has 9 heteroatoms. The van der Waals surface area contributed by atoms with E-state index in [0.717, 1.165) is 61.2 Å². The maximum atomic E-state index is 12.1. The van der Waals surface area contributed by atoms with Crippen molar-refractivity contribution in [3.05, 3.63) is 46.0 Å². The minimum Gasteiger partial charge on any atom is -0.408 e. The Labute approximate surface area is 202 Å². The van der Waals surface area contributed by atoms with Crippen molar-refractivity contribution >= 4 is 28.8 Å². The van der Waals surface area contributed by atoms with Gasteiger partial charge in [0, 0.05) is 48.8 Å². The fourth-order valence-corrected chi connectivity index (χ4v) is 6.81. The number of carbonyl (C=O) groups is 1. The normalized spacial score (nSPS) is 21.9. The van der Waals surface area contributed by atoms with Crippen molar-refractivity contribution in [1.29, 1.82) is 0 Å². The average Bonchev–Trinajstić information content (AvgIpc) is 3.56. The molecule has 8 nitrogen and oxygen atoms in total. The summed E-state index contributed by atoms with van der Waals surface area (Å²) in [6.07, 6.45) is 8.52. The molecular formula is C25H32N4O4S. The Morgan fingerprint density at radius 1 is 1.15 bits per heavy atom. The lowest BCUT2D eigenvalue weighted by Gasteiger charge is -2.15. The molecule has 2 aliphatic heterocycles. The first kappa shape index (κ1) is 23.2. The number of aryl methyl sites for hydroxylation is 4. The van der Waals surface area contributed by atoms with E-state index >= 15 is 0 Å². The lowest BCUT2D eigenvalue weighted by molar-refractivity contribution is -0.119.